The summed E-state index contributed by atoms with van der Waals surface area (Å²) < 4.78 is 11.8. The van der Waals surface area contributed by atoms with E-state index >= 15 is 0 Å². The number of nitrogens with two attached hydrogens (primary N) is 1. The number of rotatable bonds is 4. The molecule has 0 fully saturated rings. The van der Waals surface area contributed by atoms with Crippen LogP contribution in [-0.2, 0) is 0 Å². The summed E-state index contributed by atoms with van der Waals surface area (Å²) in [7, 11) is 0. The van der Waals surface area contributed by atoms with Crippen molar-refractivity contribution in [2.24, 2.45) is 0 Å². The van der Waals surface area contributed by atoms with Crippen molar-refractivity contribution in [3.05, 3.63) is 71.1 Å². The Morgan fingerprint density at radius 1 is 0.929 bits per heavy atom. The fourth-order valence-electron chi connectivity index (χ4n) is 2.72. The number of fused-ring (bicyclic) bond motifs is 1. The van der Waals surface area contributed by atoms with Crippen LogP contribution in [0.4, 0.5) is 5.69 Å². The van der Waals surface area contributed by atoms with Crippen LogP contribution in [0.5, 0.6) is 23.3 Å². The second kappa shape index (κ2) is 7.32. The van der Waals surface area contributed by atoms with Crippen molar-refractivity contribution in [1.29, 1.82) is 0 Å². The topological polar surface area (TPSA) is 83.2 Å². The average Bonchev–Trinajstić information content (AvgIpc) is 2.68. The lowest BCUT2D eigenvalue weighted by molar-refractivity contribution is 0.440. The third-order valence-corrected chi connectivity index (χ3v) is 4.61. The van der Waals surface area contributed by atoms with E-state index in [1.54, 1.807) is 12.1 Å². The Balaban J connectivity index is 1.67. The summed E-state index contributed by atoms with van der Waals surface area (Å²) in [5.41, 5.74) is 8.91. The molecule has 0 saturated heterocycles. The number of para-hydroxylation sites is 1. The molecule has 4 rings (SSSR count). The van der Waals surface area contributed by atoms with Crippen LogP contribution >= 0.6 is 11.6 Å². The molecule has 28 heavy (non-hydrogen) atoms. The zero-order valence-corrected chi connectivity index (χ0v) is 16.1. The predicted molar refractivity (Wildman–Crippen MR) is 109 cm³/mol. The molecule has 0 aliphatic rings. The van der Waals surface area contributed by atoms with Gasteiger partial charge in [-0.3, -0.25) is 0 Å². The van der Waals surface area contributed by atoms with Crippen molar-refractivity contribution in [3.8, 4) is 23.3 Å². The Morgan fingerprint density at radius 3 is 2.50 bits per heavy atom. The van der Waals surface area contributed by atoms with Gasteiger partial charge in [0.15, 0.2) is 11.4 Å². The first-order valence-electron chi connectivity index (χ1n) is 8.60. The maximum atomic E-state index is 6.20. The van der Waals surface area contributed by atoms with E-state index in [-0.39, 0.29) is 17.4 Å². The SMILES string of the molecule is Cc1ccc2cccc(Oc3ncnc(Oc4ccc(Cl)c(C)c4)c3N)c2n1. The van der Waals surface area contributed by atoms with Gasteiger partial charge in [-0.25, -0.2) is 4.98 Å². The van der Waals surface area contributed by atoms with E-state index < -0.39 is 0 Å². The van der Waals surface area contributed by atoms with Crippen molar-refractivity contribution in [2.75, 3.05) is 5.73 Å². The number of nitrogens with zero attached hydrogens (tertiary/aromatic N) is 3. The van der Waals surface area contributed by atoms with Crippen molar-refractivity contribution in [3.63, 3.8) is 0 Å². The zero-order valence-electron chi connectivity index (χ0n) is 15.3. The Labute approximate surface area is 166 Å². The smallest absolute Gasteiger partial charge is 0.249 e. The minimum Gasteiger partial charge on any atom is -0.437 e. The van der Waals surface area contributed by atoms with Gasteiger partial charge in [0, 0.05) is 16.1 Å². The molecule has 2 aromatic carbocycles. The van der Waals surface area contributed by atoms with Crippen molar-refractivity contribution >= 4 is 28.2 Å². The molecular weight excluding hydrogens is 376 g/mol. The molecule has 0 atom stereocenters. The Morgan fingerprint density at radius 2 is 1.71 bits per heavy atom. The van der Waals surface area contributed by atoms with Crippen LogP contribution in [0.1, 0.15) is 11.3 Å². The maximum Gasteiger partial charge on any atom is 0.249 e. The highest BCUT2D eigenvalue weighted by Gasteiger charge is 2.14. The van der Waals surface area contributed by atoms with Gasteiger partial charge >= 0.3 is 0 Å². The molecule has 0 aliphatic heterocycles. The molecule has 0 spiro atoms. The van der Waals surface area contributed by atoms with Gasteiger partial charge in [0.2, 0.25) is 11.8 Å². The number of aromatic nitrogens is 3. The molecule has 2 N–H and O–H groups in total. The molecule has 0 amide bonds. The lowest BCUT2D eigenvalue weighted by Crippen LogP contribution is -2.01. The summed E-state index contributed by atoms with van der Waals surface area (Å²) in [6, 6.07) is 14.9. The van der Waals surface area contributed by atoms with Gasteiger partial charge in [-0.1, -0.05) is 29.8 Å². The van der Waals surface area contributed by atoms with Crippen molar-refractivity contribution in [1.82, 2.24) is 15.0 Å². The predicted octanol–water partition coefficient (Wildman–Crippen LogP) is 5.46. The maximum absolute atomic E-state index is 6.20. The van der Waals surface area contributed by atoms with Gasteiger partial charge < -0.3 is 15.2 Å². The second-order valence-electron chi connectivity index (χ2n) is 6.29. The highest BCUT2D eigenvalue weighted by molar-refractivity contribution is 6.31. The van der Waals surface area contributed by atoms with E-state index in [0.717, 1.165) is 22.2 Å². The molecular formula is C21H17ClN4O2. The summed E-state index contributed by atoms with van der Waals surface area (Å²) in [6.45, 7) is 3.82. The van der Waals surface area contributed by atoms with Gasteiger partial charge in [0.25, 0.3) is 0 Å². The fraction of sp³-hybridized carbons (Fsp3) is 0.0952. The molecule has 2 aromatic heterocycles. The van der Waals surface area contributed by atoms with E-state index in [4.69, 9.17) is 26.8 Å². The number of hydrogen-bond acceptors (Lipinski definition) is 6. The van der Waals surface area contributed by atoms with Gasteiger partial charge in [-0.15, -0.1) is 0 Å². The highest BCUT2D eigenvalue weighted by atomic mass is 35.5. The average molecular weight is 393 g/mol. The standard InChI is InChI=1S/C21H17ClN4O2/c1-12-10-15(8-9-16(12)22)27-20-18(23)21(25-11-24-20)28-17-5-3-4-14-7-6-13(2)26-19(14)17/h3-11H,23H2,1-2H3. The number of anilines is 1. The van der Waals surface area contributed by atoms with Crippen LogP contribution in [0.3, 0.4) is 0 Å². The molecule has 0 radical (unpaired) electrons. The van der Waals surface area contributed by atoms with E-state index in [0.29, 0.717) is 16.5 Å². The van der Waals surface area contributed by atoms with Crippen molar-refractivity contribution < 1.29 is 9.47 Å². The first-order valence-corrected chi connectivity index (χ1v) is 8.98. The van der Waals surface area contributed by atoms with Crippen LogP contribution < -0.4 is 15.2 Å². The van der Waals surface area contributed by atoms with Crippen molar-refractivity contribution in [2.45, 2.75) is 13.8 Å². The summed E-state index contributed by atoms with van der Waals surface area (Å²) >= 11 is 6.06. The monoisotopic (exact) mass is 392 g/mol. The highest BCUT2D eigenvalue weighted by Crippen LogP contribution is 2.36. The number of benzene rings is 2. The quantitative estimate of drug-likeness (QED) is 0.496. The molecule has 0 aliphatic carbocycles. The lowest BCUT2D eigenvalue weighted by Gasteiger charge is -2.12. The molecule has 0 saturated carbocycles. The second-order valence-corrected chi connectivity index (χ2v) is 6.70. The summed E-state index contributed by atoms with van der Waals surface area (Å²) in [5.74, 6) is 1.53. The molecule has 0 bridgehead atoms. The fourth-order valence-corrected chi connectivity index (χ4v) is 2.84. The molecule has 4 aromatic rings. The van der Waals surface area contributed by atoms with Crippen LogP contribution in [0, 0.1) is 13.8 Å². The first kappa shape index (κ1) is 18.0. The third kappa shape index (κ3) is 3.54. The third-order valence-electron chi connectivity index (χ3n) is 4.18. The first-order chi connectivity index (χ1) is 13.5. The van der Waals surface area contributed by atoms with Gasteiger partial charge in [-0.2, -0.15) is 9.97 Å². The number of pyridine rings is 1. The van der Waals surface area contributed by atoms with Crippen LogP contribution in [0.25, 0.3) is 10.9 Å². The van der Waals surface area contributed by atoms with Crippen LogP contribution in [0.15, 0.2) is 54.9 Å². The Hall–Kier alpha value is -3.38. The van der Waals surface area contributed by atoms with E-state index in [2.05, 4.69) is 15.0 Å². The molecule has 140 valence electrons. The van der Waals surface area contributed by atoms with Crippen LogP contribution in [-0.4, -0.2) is 15.0 Å². The molecule has 2 heterocycles. The van der Waals surface area contributed by atoms with Gasteiger partial charge in [0.1, 0.15) is 17.6 Å². The summed E-state index contributed by atoms with van der Waals surface area (Å²) in [6.07, 6.45) is 1.34. The largest absolute Gasteiger partial charge is 0.437 e. The Kier molecular flexibility index (Phi) is 4.71. The zero-order chi connectivity index (χ0) is 19.7. The minimum atomic E-state index is 0.194. The molecule has 6 nitrogen and oxygen atoms in total. The van der Waals surface area contributed by atoms with Crippen LogP contribution in [0.2, 0.25) is 5.02 Å². The minimum absolute atomic E-state index is 0.194. The summed E-state index contributed by atoms with van der Waals surface area (Å²) in [4.78, 5) is 12.8. The lowest BCUT2D eigenvalue weighted by atomic mass is 10.2. The van der Waals surface area contributed by atoms with E-state index in [9.17, 15) is 0 Å². The number of hydrogen-bond donors (Lipinski definition) is 1. The number of nitrogen functional groups attached to an aromatic ring is 1. The van der Waals surface area contributed by atoms with Gasteiger partial charge in [-0.05, 0) is 49.7 Å². The van der Waals surface area contributed by atoms with Gasteiger partial charge in [0.05, 0.1) is 0 Å². The van der Waals surface area contributed by atoms with E-state index in [1.165, 1.54) is 6.33 Å². The molecule has 7 heteroatoms. The number of aryl methyl sites for hydroxylation is 2. The summed E-state index contributed by atoms with van der Waals surface area (Å²) in [5, 5.41) is 1.62. The normalized spacial score (nSPS) is 10.8. The number of ether oxygens (including phenoxy) is 2. The van der Waals surface area contributed by atoms with E-state index in [1.807, 2.05) is 50.2 Å². The molecule has 0 unspecified atom stereocenters. The Bertz CT molecular complexity index is 1180. The number of halogens is 1.